The summed E-state index contributed by atoms with van der Waals surface area (Å²) in [6, 6.07) is 15.8. The van der Waals surface area contributed by atoms with Crippen LogP contribution >= 0.6 is 11.6 Å². The molecule has 1 aliphatic carbocycles. The van der Waals surface area contributed by atoms with Crippen LogP contribution in [-0.4, -0.2) is 34.8 Å². The molecule has 0 radical (unpaired) electrons. The van der Waals surface area contributed by atoms with E-state index in [4.69, 9.17) is 11.6 Å². The number of carbonyl (C=O) groups is 2. The van der Waals surface area contributed by atoms with Crippen LogP contribution in [0.3, 0.4) is 0 Å². The van der Waals surface area contributed by atoms with Crippen molar-refractivity contribution in [2.75, 3.05) is 6.54 Å². The van der Waals surface area contributed by atoms with Gasteiger partial charge in [-0.2, -0.15) is 0 Å². The Kier molecular flexibility index (Phi) is 4.68. The Bertz CT molecular complexity index is 872. The topological polar surface area (TPSA) is 49.4 Å². The van der Waals surface area contributed by atoms with Gasteiger partial charge >= 0.3 is 0 Å². The molecule has 2 aromatic carbocycles. The molecule has 4 rings (SSSR count). The van der Waals surface area contributed by atoms with Gasteiger partial charge in [-0.05, 0) is 48.9 Å². The highest BCUT2D eigenvalue weighted by Gasteiger charge is 2.49. The standard InChI is InChI=1S/C22H23ClN2O2/c1-22(21(27)24-18-12-15-6-2-3-7-16(15)13-18)10-11-25(22)20(26)14-17-8-4-5-9-19(17)23/h2-9,18H,10-14H2,1H3,(H,24,27). The van der Waals surface area contributed by atoms with Gasteiger partial charge in [0.1, 0.15) is 5.54 Å². The molecule has 0 bridgehead atoms. The summed E-state index contributed by atoms with van der Waals surface area (Å²) in [5.41, 5.74) is 2.62. The maximum absolute atomic E-state index is 13.0. The van der Waals surface area contributed by atoms with Gasteiger partial charge in [0, 0.05) is 17.6 Å². The van der Waals surface area contributed by atoms with Crippen LogP contribution in [-0.2, 0) is 28.9 Å². The number of fused-ring (bicyclic) bond motifs is 1. The maximum atomic E-state index is 13.0. The second-order valence-electron chi connectivity index (χ2n) is 7.68. The number of hydrogen-bond acceptors (Lipinski definition) is 2. The molecule has 2 amide bonds. The molecule has 2 aromatic rings. The normalized spacial score (nSPS) is 21.5. The second kappa shape index (κ2) is 7.01. The Morgan fingerprint density at radius 1 is 1.11 bits per heavy atom. The number of hydrogen-bond donors (Lipinski definition) is 1. The van der Waals surface area contributed by atoms with Crippen LogP contribution in [0.15, 0.2) is 48.5 Å². The van der Waals surface area contributed by atoms with E-state index in [1.54, 1.807) is 11.0 Å². The van der Waals surface area contributed by atoms with Crippen LogP contribution < -0.4 is 5.32 Å². The molecule has 1 atom stereocenters. The summed E-state index contributed by atoms with van der Waals surface area (Å²) in [7, 11) is 0. The fourth-order valence-electron chi connectivity index (χ4n) is 4.10. The molecule has 1 heterocycles. The lowest BCUT2D eigenvalue weighted by molar-refractivity contribution is -0.157. The molecule has 0 aromatic heterocycles. The highest BCUT2D eigenvalue weighted by atomic mass is 35.5. The number of rotatable bonds is 4. The van der Waals surface area contributed by atoms with Crippen molar-refractivity contribution in [2.45, 2.75) is 44.2 Å². The summed E-state index contributed by atoms with van der Waals surface area (Å²) in [6.45, 7) is 2.47. The first-order chi connectivity index (χ1) is 13.0. The van der Waals surface area contributed by atoms with Crippen molar-refractivity contribution in [1.82, 2.24) is 10.2 Å². The van der Waals surface area contributed by atoms with E-state index < -0.39 is 5.54 Å². The van der Waals surface area contributed by atoms with E-state index in [9.17, 15) is 9.59 Å². The van der Waals surface area contributed by atoms with Gasteiger partial charge in [0.2, 0.25) is 11.8 Å². The van der Waals surface area contributed by atoms with Crippen LogP contribution in [0.2, 0.25) is 5.02 Å². The van der Waals surface area contributed by atoms with Gasteiger partial charge in [0.15, 0.2) is 0 Å². The van der Waals surface area contributed by atoms with Crippen molar-refractivity contribution in [2.24, 2.45) is 0 Å². The van der Waals surface area contributed by atoms with E-state index >= 15 is 0 Å². The average Bonchev–Trinajstić information content (AvgIpc) is 3.04. The first-order valence-electron chi connectivity index (χ1n) is 9.39. The van der Waals surface area contributed by atoms with E-state index in [0.29, 0.717) is 18.0 Å². The van der Waals surface area contributed by atoms with Crippen molar-refractivity contribution in [3.8, 4) is 0 Å². The van der Waals surface area contributed by atoms with Gasteiger partial charge in [-0.1, -0.05) is 54.1 Å². The predicted molar refractivity (Wildman–Crippen MR) is 106 cm³/mol. The summed E-state index contributed by atoms with van der Waals surface area (Å²) in [4.78, 5) is 27.4. The lowest BCUT2D eigenvalue weighted by atomic mass is 9.84. The molecule has 1 aliphatic heterocycles. The smallest absolute Gasteiger partial charge is 0.245 e. The fraction of sp³-hybridized carbons (Fsp3) is 0.364. The van der Waals surface area contributed by atoms with Gasteiger partial charge in [-0.25, -0.2) is 0 Å². The zero-order valence-electron chi connectivity index (χ0n) is 15.4. The lowest BCUT2D eigenvalue weighted by Gasteiger charge is -2.49. The Balaban J connectivity index is 1.40. The number of likely N-dealkylation sites (tertiary alicyclic amines) is 1. The van der Waals surface area contributed by atoms with Crippen LogP contribution in [0.25, 0.3) is 0 Å². The first-order valence-corrected chi connectivity index (χ1v) is 9.77. The second-order valence-corrected chi connectivity index (χ2v) is 8.09. The zero-order valence-corrected chi connectivity index (χ0v) is 16.1. The van der Waals surface area contributed by atoms with Gasteiger partial charge in [-0.3, -0.25) is 9.59 Å². The molecule has 2 aliphatic rings. The summed E-state index contributed by atoms with van der Waals surface area (Å²) in [5.74, 6) is -0.110. The maximum Gasteiger partial charge on any atom is 0.245 e. The Morgan fingerprint density at radius 2 is 1.74 bits per heavy atom. The fourth-order valence-corrected chi connectivity index (χ4v) is 4.30. The number of carbonyl (C=O) groups excluding carboxylic acids is 2. The van der Waals surface area contributed by atoms with Crippen molar-refractivity contribution < 1.29 is 9.59 Å². The SMILES string of the molecule is CC1(C(=O)NC2Cc3ccccc3C2)CCN1C(=O)Cc1ccccc1Cl. The molecule has 0 spiro atoms. The Hall–Kier alpha value is -2.33. The minimum atomic E-state index is -0.771. The third-order valence-corrected chi connectivity index (χ3v) is 6.26. The summed E-state index contributed by atoms with van der Waals surface area (Å²) in [6.07, 6.45) is 2.61. The summed E-state index contributed by atoms with van der Waals surface area (Å²) < 4.78 is 0. The third-order valence-electron chi connectivity index (χ3n) is 5.89. The molecule has 1 fully saturated rings. The molecule has 1 unspecified atom stereocenters. The zero-order chi connectivity index (χ0) is 19.0. The molecule has 27 heavy (non-hydrogen) atoms. The monoisotopic (exact) mass is 382 g/mol. The van der Waals surface area contributed by atoms with E-state index in [2.05, 4.69) is 17.4 Å². The molecule has 0 saturated carbocycles. The van der Waals surface area contributed by atoms with Crippen molar-refractivity contribution in [1.29, 1.82) is 0 Å². The third kappa shape index (κ3) is 3.34. The van der Waals surface area contributed by atoms with E-state index in [1.807, 2.05) is 37.3 Å². The van der Waals surface area contributed by atoms with Crippen LogP contribution in [0.1, 0.15) is 30.0 Å². The number of benzene rings is 2. The van der Waals surface area contributed by atoms with Crippen LogP contribution in [0.5, 0.6) is 0 Å². The Labute approximate surface area is 164 Å². The largest absolute Gasteiger partial charge is 0.351 e. The number of nitrogens with one attached hydrogen (secondary N) is 1. The molecule has 5 heteroatoms. The van der Waals surface area contributed by atoms with Gasteiger partial charge in [0.25, 0.3) is 0 Å². The van der Waals surface area contributed by atoms with E-state index in [1.165, 1.54) is 11.1 Å². The van der Waals surface area contributed by atoms with E-state index in [0.717, 1.165) is 18.4 Å². The van der Waals surface area contributed by atoms with Crippen molar-refractivity contribution in [3.63, 3.8) is 0 Å². The molecular formula is C22H23ClN2O2. The molecule has 140 valence electrons. The molecule has 4 nitrogen and oxygen atoms in total. The highest BCUT2D eigenvalue weighted by Crippen LogP contribution is 2.32. The first kappa shape index (κ1) is 18.1. The lowest BCUT2D eigenvalue weighted by Crippen LogP contribution is -2.68. The summed E-state index contributed by atoms with van der Waals surface area (Å²) >= 11 is 6.18. The number of halogens is 1. The van der Waals surface area contributed by atoms with Crippen LogP contribution in [0, 0.1) is 0 Å². The van der Waals surface area contributed by atoms with Gasteiger partial charge in [0.05, 0.1) is 6.42 Å². The molecular weight excluding hydrogens is 360 g/mol. The minimum absolute atomic E-state index is 0.0540. The number of amides is 2. The van der Waals surface area contributed by atoms with Gasteiger partial charge in [-0.15, -0.1) is 0 Å². The highest BCUT2D eigenvalue weighted by molar-refractivity contribution is 6.31. The van der Waals surface area contributed by atoms with Crippen LogP contribution in [0.4, 0.5) is 0 Å². The van der Waals surface area contributed by atoms with Crippen molar-refractivity contribution in [3.05, 3.63) is 70.2 Å². The van der Waals surface area contributed by atoms with Gasteiger partial charge < -0.3 is 10.2 Å². The quantitative estimate of drug-likeness (QED) is 0.883. The summed E-state index contributed by atoms with van der Waals surface area (Å²) in [5, 5.41) is 3.75. The van der Waals surface area contributed by atoms with Crippen molar-refractivity contribution >= 4 is 23.4 Å². The van der Waals surface area contributed by atoms with E-state index in [-0.39, 0.29) is 24.3 Å². The Morgan fingerprint density at radius 3 is 2.33 bits per heavy atom. The molecule has 1 N–H and O–H groups in total. The minimum Gasteiger partial charge on any atom is -0.351 e. The predicted octanol–water partition coefficient (Wildman–Crippen LogP) is 3.16. The molecule has 1 saturated heterocycles. The average molecular weight is 383 g/mol. The number of nitrogens with zero attached hydrogens (tertiary/aromatic N) is 1.